The molecule has 0 radical (unpaired) electrons. The van der Waals surface area contributed by atoms with Gasteiger partial charge in [0.15, 0.2) is 11.5 Å². The molecule has 0 aliphatic carbocycles. The van der Waals surface area contributed by atoms with E-state index in [9.17, 15) is 14.7 Å². The molecule has 1 saturated heterocycles. The highest BCUT2D eigenvalue weighted by atomic mass is 16.5. The Labute approximate surface area is 239 Å². The van der Waals surface area contributed by atoms with Crippen molar-refractivity contribution >= 4 is 17.4 Å². The Hall–Kier alpha value is -4.50. The second-order valence-electron chi connectivity index (χ2n) is 9.55. The van der Waals surface area contributed by atoms with E-state index < -0.39 is 17.7 Å². The molecule has 1 aliphatic heterocycles. The first-order chi connectivity index (χ1) is 19.8. The molecule has 1 aliphatic rings. The van der Waals surface area contributed by atoms with E-state index in [1.807, 2.05) is 37.3 Å². The molecule has 1 unspecified atom stereocenters. The molecule has 1 N–H and O–H groups in total. The summed E-state index contributed by atoms with van der Waals surface area (Å²) < 4.78 is 27.6. The third-order valence-corrected chi connectivity index (χ3v) is 6.99. The molecule has 1 atom stereocenters. The predicted octanol–water partition coefficient (Wildman–Crippen LogP) is 5.06. The molecular weight excluding hydrogens is 526 g/mol. The molecule has 0 saturated carbocycles. The molecule has 0 spiro atoms. The zero-order valence-electron chi connectivity index (χ0n) is 23.9. The fraction of sp³-hybridized carbons (Fsp3) is 0.312. The maximum atomic E-state index is 13.5. The number of aliphatic hydroxyl groups is 1. The van der Waals surface area contributed by atoms with E-state index in [0.717, 1.165) is 5.56 Å². The van der Waals surface area contributed by atoms with Gasteiger partial charge in [-0.3, -0.25) is 9.59 Å². The van der Waals surface area contributed by atoms with Gasteiger partial charge in [0.05, 0.1) is 32.9 Å². The minimum absolute atomic E-state index is 0.0252. The standard InChI is InChI=1S/C32H35NO8/c1-20-16-23(41-19-21-10-7-6-8-11-21)12-13-24(20)29(34)27-28(33(14-9-15-37-2)32(36)30(27)35)22-17-25(38-3)31(40-5)26(18-22)39-4/h6-8,10-13,16-18,28,34H,9,14-15,19H2,1-5H3. The number of carbonyl (C=O) groups excluding carboxylic acids is 2. The van der Waals surface area contributed by atoms with Gasteiger partial charge in [-0.05, 0) is 60.4 Å². The number of ketones is 1. The Morgan fingerprint density at radius 2 is 1.59 bits per heavy atom. The smallest absolute Gasteiger partial charge is 0.295 e. The zero-order chi connectivity index (χ0) is 29.5. The highest BCUT2D eigenvalue weighted by molar-refractivity contribution is 6.46. The Morgan fingerprint density at radius 1 is 0.902 bits per heavy atom. The largest absolute Gasteiger partial charge is 0.507 e. The topological polar surface area (TPSA) is 104 Å². The molecule has 41 heavy (non-hydrogen) atoms. The van der Waals surface area contributed by atoms with E-state index >= 15 is 0 Å². The van der Waals surface area contributed by atoms with Gasteiger partial charge in [0.25, 0.3) is 11.7 Å². The fourth-order valence-electron chi connectivity index (χ4n) is 4.97. The summed E-state index contributed by atoms with van der Waals surface area (Å²) in [5.41, 5.74) is 2.63. The van der Waals surface area contributed by atoms with Gasteiger partial charge in [-0.15, -0.1) is 0 Å². The number of aryl methyl sites for hydroxylation is 1. The van der Waals surface area contributed by atoms with Gasteiger partial charge in [-0.2, -0.15) is 0 Å². The lowest BCUT2D eigenvalue weighted by Gasteiger charge is -2.26. The maximum absolute atomic E-state index is 13.5. The van der Waals surface area contributed by atoms with Crippen LogP contribution in [0.3, 0.4) is 0 Å². The van der Waals surface area contributed by atoms with Crippen LogP contribution >= 0.6 is 0 Å². The van der Waals surface area contributed by atoms with Crippen molar-refractivity contribution in [3.05, 3.63) is 88.5 Å². The number of hydrogen-bond acceptors (Lipinski definition) is 8. The van der Waals surface area contributed by atoms with E-state index in [-0.39, 0.29) is 17.9 Å². The van der Waals surface area contributed by atoms with Crippen LogP contribution < -0.4 is 18.9 Å². The van der Waals surface area contributed by atoms with Crippen molar-refractivity contribution in [3.8, 4) is 23.0 Å². The number of nitrogens with zero attached hydrogens (tertiary/aromatic N) is 1. The van der Waals surface area contributed by atoms with Crippen LogP contribution in [0.15, 0.2) is 66.2 Å². The van der Waals surface area contributed by atoms with Crippen LogP contribution in [-0.2, 0) is 20.9 Å². The Bertz CT molecular complexity index is 1410. The highest BCUT2D eigenvalue weighted by Gasteiger charge is 2.46. The quantitative estimate of drug-likeness (QED) is 0.142. The first-order valence-electron chi connectivity index (χ1n) is 13.2. The molecule has 4 rings (SSSR count). The third kappa shape index (κ3) is 6.15. The van der Waals surface area contributed by atoms with Crippen LogP contribution in [0.25, 0.3) is 5.76 Å². The first kappa shape index (κ1) is 29.5. The Kier molecular flexibility index (Phi) is 9.52. The lowest BCUT2D eigenvalue weighted by Crippen LogP contribution is -2.31. The number of ether oxygens (including phenoxy) is 5. The molecule has 9 nitrogen and oxygen atoms in total. The van der Waals surface area contributed by atoms with Crippen LogP contribution in [-0.4, -0.2) is 63.3 Å². The minimum Gasteiger partial charge on any atom is -0.507 e. The zero-order valence-corrected chi connectivity index (χ0v) is 23.9. The lowest BCUT2D eigenvalue weighted by molar-refractivity contribution is -0.140. The second kappa shape index (κ2) is 13.2. The number of hydrogen-bond donors (Lipinski definition) is 1. The monoisotopic (exact) mass is 561 g/mol. The summed E-state index contributed by atoms with van der Waals surface area (Å²) in [6.07, 6.45) is 0.497. The van der Waals surface area contributed by atoms with Crippen molar-refractivity contribution < 1.29 is 38.4 Å². The average molecular weight is 562 g/mol. The van der Waals surface area contributed by atoms with Gasteiger partial charge in [0, 0.05) is 25.8 Å². The Morgan fingerprint density at radius 3 is 2.17 bits per heavy atom. The maximum Gasteiger partial charge on any atom is 0.295 e. The van der Waals surface area contributed by atoms with Crippen LogP contribution in [0, 0.1) is 6.92 Å². The molecule has 216 valence electrons. The molecule has 0 aromatic heterocycles. The van der Waals surface area contributed by atoms with Crippen LogP contribution in [0.1, 0.15) is 34.7 Å². The summed E-state index contributed by atoms with van der Waals surface area (Å²) in [6.45, 7) is 2.84. The predicted molar refractivity (Wildman–Crippen MR) is 154 cm³/mol. The molecular formula is C32H35NO8. The van der Waals surface area contributed by atoms with Gasteiger partial charge < -0.3 is 33.7 Å². The summed E-state index contributed by atoms with van der Waals surface area (Å²) in [4.78, 5) is 28.2. The van der Waals surface area contributed by atoms with Crippen LogP contribution in [0.2, 0.25) is 0 Å². The fourth-order valence-corrected chi connectivity index (χ4v) is 4.97. The van der Waals surface area contributed by atoms with E-state index in [4.69, 9.17) is 23.7 Å². The SMILES string of the molecule is COCCCN1C(=O)C(=O)C(=C(O)c2ccc(OCc3ccccc3)cc2C)C1c1cc(OC)c(OC)c(OC)c1. The molecule has 1 amide bonds. The van der Waals surface area contributed by atoms with Crippen molar-refractivity contribution in [2.24, 2.45) is 0 Å². The number of amides is 1. The average Bonchev–Trinajstić information content (AvgIpc) is 3.24. The van der Waals surface area contributed by atoms with E-state index in [2.05, 4.69) is 0 Å². The Balaban J connectivity index is 1.78. The van der Waals surface area contributed by atoms with Crippen molar-refractivity contribution in [2.45, 2.75) is 26.0 Å². The minimum atomic E-state index is -0.894. The normalized spacial score (nSPS) is 16.1. The van der Waals surface area contributed by atoms with Gasteiger partial charge in [0.1, 0.15) is 18.1 Å². The second-order valence-corrected chi connectivity index (χ2v) is 9.55. The number of benzene rings is 3. The molecule has 3 aromatic carbocycles. The van der Waals surface area contributed by atoms with Crippen LogP contribution in [0.5, 0.6) is 23.0 Å². The summed E-state index contributed by atoms with van der Waals surface area (Å²) in [5, 5.41) is 11.6. The first-order valence-corrected chi connectivity index (χ1v) is 13.2. The van der Waals surface area contributed by atoms with Gasteiger partial charge in [0.2, 0.25) is 5.75 Å². The molecule has 1 heterocycles. The molecule has 9 heteroatoms. The molecule has 1 fully saturated rings. The van der Waals surface area contributed by atoms with Crippen LogP contribution in [0.4, 0.5) is 0 Å². The van der Waals surface area contributed by atoms with E-state index in [1.165, 1.54) is 26.2 Å². The third-order valence-electron chi connectivity index (χ3n) is 6.99. The van der Waals surface area contributed by atoms with Crippen molar-refractivity contribution in [2.75, 3.05) is 41.6 Å². The number of methoxy groups -OCH3 is 4. The summed E-state index contributed by atoms with van der Waals surface area (Å²) in [6, 6.07) is 17.5. The summed E-state index contributed by atoms with van der Waals surface area (Å²) >= 11 is 0. The van der Waals surface area contributed by atoms with Gasteiger partial charge >= 0.3 is 0 Å². The number of rotatable bonds is 12. The lowest BCUT2D eigenvalue weighted by atomic mass is 9.93. The van der Waals surface area contributed by atoms with E-state index in [0.29, 0.717) is 59.3 Å². The number of Topliss-reactive ketones (excluding diaryl/α,β-unsaturated/α-hetero) is 1. The number of aliphatic hydroxyl groups excluding tert-OH is 1. The van der Waals surface area contributed by atoms with Crippen molar-refractivity contribution in [1.82, 2.24) is 4.90 Å². The molecule has 3 aromatic rings. The van der Waals surface area contributed by atoms with Gasteiger partial charge in [-0.25, -0.2) is 0 Å². The highest BCUT2D eigenvalue weighted by Crippen LogP contribution is 2.46. The summed E-state index contributed by atoms with van der Waals surface area (Å²) in [7, 11) is 6.04. The van der Waals surface area contributed by atoms with Crippen molar-refractivity contribution in [1.29, 1.82) is 0 Å². The summed E-state index contributed by atoms with van der Waals surface area (Å²) in [5.74, 6) is -0.0465. The molecule has 0 bridgehead atoms. The number of likely N-dealkylation sites (tertiary alicyclic amines) is 1. The van der Waals surface area contributed by atoms with Crippen molar-refractivity contribution in [3.63, 3.8) is 0 Å². The number of carbonyl (C=O) groups is 2. The van der Waals surface area contributed by atoms with E-state index in [1.54, 1.807) is 37.4 Å². The van der Waals surface area contributed by atoms with Gasteiger partial charge in [-0.1, -0.05) is 30.3 Å².